The molecule has 0 aliphatic heterocycles. The molecule has 0 bridgehead atoms. The summed E-state index contributed by atoms with van der Waals surface area (Å²) in [6, 6.07) is 8.07. The number of anilines is 1. The molecule has 0 radical (unpaired) electrons. The second-order valence-electron chi connectivity index (χ2n) is 5.48. The average Bonchev–Trinajstić information content (AvgIpc) is 2.38. The van der Waals surface area contributed by atoms with Gasteiger partial charge in [0.2, 0.25) is 0 Å². The molecule has 1 aromatic rings. The van der Waals surface area contributed by atoms with Crippen LogP contribution >= 0.6 is 23.8 Å². The quantitative estimate of drug-likeness (QED) is 0.788. The molecule has 0 unspecified atom stereocenters. The lowest BCUT2D eigenvalue weighted by Crippen LogP contribution is -2.45. The van der Waals surface area contributed by atoms with Gasteiger partial charge in [-0.2, -0.15) is 0 Å². The smallest absolute Gasteiger partial charge is 0.171 e. The predicted molar refractivity (Wildman–Crippen MR) is 86.8 cm³/mol. The Balaban J connectivity index is 1.88. The van der Waals surface area contributed by atoms with Crippen molar-refractivity contribution in [3.05, 3.63) is 29.3 Å². The minimum Gasteiger partial charge on any atom is -0.359 e. The first-order chi connectivity index (χ1) is 9.06. The molecule has 1 aliphatic carbocycles. The van der Waals surface area contributed by atoms with E-state index in [1.165, 1.54) is 19.3 Å². The summed E-state index contributed by atoms with van der Waals surface area (Å²) >= 11 is 11.2. The van der Waals surface area contributed by atoms with Crippen LogP contribution in [0.1, 0.15) is 33.1 Å². The molecule has 2 rings (SSSR count). The zero-order valence-electron chi connectivity index (χ0n) is 11.4. The lowest BCUT2D eigenvalue weighted by Gasteiger charge is -2.35. The van der Waals surface area contributed by atoms with Crippen molar-refractivity contribution in [2.75, 3.05) is 5.32 Å². The number of halogens is 1. The topological polar surface area (TPSA) is 24.1 Å². The maximum Gasteiger partial charge on any atom is 0.171 e. The van der Waals surface area contributed by atoms with Gasteiger partial charge < -0.3 is 10.6 Å². The van der Waals surface area contributed by atoms with E-state index >= 15 is 0 Å². The molecule has 1 aromatic carbocycles. The first kappa shape index (κ1) is 14.6. The molecule has 0 aromatic heterocycles. The summed E-state index contributed by atoms with van der Waals surface area (Å²) in [4.78, 5) is 0. The summed E-state index contributed by atoms with van der Waals surface area (Å²) in [6.07, 6.45) is 3.82. The predicted octanol–water partition coefficient (Wildman–Crippen LogP) is 4.45. The van der Waals surface area contributed by atoms with Crippen LogP contribution in [-0.2, 0) is 0 Å². The van der Waals surface area contributed by atoms with Crippen LogP contribution in [0.25, 0.3) is 0 Å². The zero-order valence-corrected chi connectivity index (χ0v) is 13.0. The van der Waals surface area contributed by atoms with Gasteiger partial charge in [0, 0.05) is 16.8 Å². The van der Waals surface area contributed by atoms with Crippen LogP contribution < -0.4 is 10.6 Å². The normalized spacial score (nSPS) is 26.8. The molecular weight excluding hydrogens is 276 g/mol. The number of thiocarbonyl (C=S) groups is 1. The van der Waals surface area contributed by atoms with Crippen molar-refractivity contribution in [1.29, 1.82) is 0 Å². The van der Waals surface area contributed by atoms with Gasteiger partial charge in [-0.1, -0.05) is 38.3 Å². The fraction of sp³-hybridized carbons (Fsp3) is 0.533. The highest BCUT2D eigenvalue weighted by molar-refractivity contribution is 7.80. The van der Waals surface area contributed by atoms with Gasteiger partial charge in [-0.05, 0) is 54.7 Å². The Bertz CT molecular complexity index is 432. The number of rotatable bonds is 2. The van der Waals surface area contributed by atoms with Crippen molar-refractivity contribution in [1.82, 2.24) is 5.32 Å². The van der Waals surface area contributed by atoms with Crippen molar-refractivity contribution < 1.29 is 0 Å². The maximum absolute atomic E-state index is 5.86. The fourth-order valence-electron chi connectivity index (χ4n) is 2.65. The summed E-state index contributed by atoms with van der Waals surface area (Å²) in [5.74, 6) is 1.43. The Hall–Kier alpha value is -0.800. The lowest BCUT2D eigenvalue weighted by atomic mass is 9.78. The summed E-state index contributed by atoms with van der Waals surface area (Å²) < 4.78 is 0. The highest BCUT2D eigenvalue weighted by atomic mass is 35.5. The molecule has 4 heteroatoms. The first-order valence-corrected chi connectivity index (χ1v) is 7.68. The Morgan fingerprint density at radius 2 is 1.89 bits per heavy atom. The second-order valence-corrected chi connectivity index (χ2v) is 6.32. The molecule has 0 saturated heterocycles. The van der Waals surface area contributed by atoms with E-state index in [1.807, 2.05) is 24.3 Å². The Morgan fingerprint density at radius 1 is 1.21 bits per heavy atom. The van der Waals surface area contributed by atoms with E-state index in [1.54, 1.807) is 0 Å². The molecule has 1 saturated carbocycles. The Kier molecular flexibility index (Phi) is 5.06. The van der Waals surface area contributed by atoms with Crippen molar-refractivity contribution in [3.63, 3.8) is 0 Å². The SMILES string of the molecule is C[C@H]1[C@H](C)CCC[C@H]1NC(=S)Nc1ccc(Cl)cc1. The third-order valence-electron chi connectivity index (χ3n) is 4.13. The van der Waals surface area contributed by atoms with Crippen LogP contribution in [0.5, 0.6) is 0 Å². The molecule has 0 amide bonds. The van der Waals surface area contributed by atoms with E-state index in [9.17, 15) is 0 Å². The molecule has 0 spiro atoms. The van der Waals surface area contributed by atoms with Gasteiger partial charge in [-0.15, -0.1) is 0 Å². The van der Waals surface area contributed by atoms with Gasteiger partial charge in [-0.3, -0.25) is 0 Å². The van der Waals surface area contributed by atoms with E-state index in [0.717, 1.165) is 16.6 Å². The van der Waals surface area contributed by atoms with Crippen LogP contribution in [0.3, 0.4) is 0 Å². The maximum atomic E-state index is 5.86. The molecule has 3 atom stereocenters. The van der Waals surface area contributed by atoms with Crippen LogP contribution in [0.2, 0.25) is 5.02 Å². The van der Waals surface area contributed by atoms with Gasteiger partial charge >= 0.3 is 0 Å². The van der Waals surface area contributed by atoms with Gasteiger partial charge in [0.15, 0.2) is 5.11 Å². The molecule has 19 heavy (non-hydrogen) atoms. The molecular formula is C15H21ClN2S. The van der Waals surface area contributed by atoms with Gasteiger partial charge in [0.05, 0.1) is 0 Å². The molecule has 104 valence electrons. The minimum absolute atomic E-state index is 0.482. The van der Waals surface area contributed by atoms with Gasteiger partial charge in [-0.25, -0.2) is 0 Å². The molecule has 1 aliphatic rings. The van der Waals surface area contributed by atoms with Crippen LogP contribution in [0.4, 0.5) is 5.69 Å². The van der Waals surface area contributed by atoms with E-state index < -0.39 is 0 Å². The average molecular weight is 297 g/mol. The molecule has 2 nitrogen and oxygen atoms in total. The van der Waals surface area contributed by atoms with E-state index in [-0.39, 0.29) is 0 Å². The number of nitrogens with one attached hydrogen (secondary N) is 2. The van der Waals surface area contributed by atoms with Crippen LogP contribution in [-0.4, -0.2) is 11.2 Å². The van der Waals surface area contributed by atoms with E-state index in [2.05, 4.69) is 24.5 Å². The molecule has 1 fully saturated rings. The number of benzene rings is 1. The fourth-order valence-corrected chi connectivity index (χ4v) is 3.05. The van der Waals surface area contributed by atoms with E-state index in [0.29, 0.717) is 17.1 Å². The standard InChI is InChI=1S/C15H21ClN2S/c1-10-4-3-5-14(11(10)2)18-15(19)17-13-8-6-12(16)7-9-13/h6-11,14H,3-5H2,1-2H3,(H2,17,18,19)/t10-,11+,14-/m1/s1. The summed E-state index contributed by atoms with van der Waals surface area (Å²) in [5, 5.41) is 8.10. The van der Waals surface area contributed by atoms with Crippen LogP contribution in [0.15, 0.2) is 24.3 Å². The third-order valence-corrected chi connectivity index (χ3v) is 4.60. The van der Waals surface area contributed by atoms with Crippen molar-refractivity contribution in [2.45, 2.75) is 39.2 Å². The Labute approximate surface area is 125 Å². The first-order valence-electron chi connectivity index (χ1n) is 6.89. The third kappa shape index (κ3) is 4.08. The monoisotopic (exact) mass is 296 g/mol. The van der Waals surface area contributed by atoms with Gasteiger partial charge in [0.1, 0.15) is 0 Å². The Morgan fingerprint density at radius 3 is 2.58 bits per heavy atom. The number of hydrogen-bond acceptors (Lipinski definition) is 1. The van der Waals surface area contributed by atoms with Crippen molar-refractivity contribution in [2.24, 2.45) is 11.8 Å². The zero-order chi connectivity index (χ0) is 13.8. The van der Waals surface area contributed by atoms with Gasteiger partial charge in [0.25, 0.3) is 0 Å². The van der Waals surface area contributed by atoms with Crippen molar-refractivity contribution >= 4 is 34.6 Å². The highest BCUT2D eigenvalue weighted by Crippen LogP contribution is 2.29. The van der Waals surface area contributed by atoms with Crippen LogP contribution in [0, 0.1) is 11.8 Å². The molecule has 2 N–H and O–H groups in total. The minimum atomic E-state index is 0.482. The summed E-state index contributed by atoms with van der Waals surface area (Å²) in [7, 11) is 0. The summed E-state index contributed by atoms with van der Waals surface area (Å²) in [6.45, 7) is 4.64. The number of hydrogen-bond donors (Lipinski definition) is 2. The van der Waals surface area contributed by atoms with E-state index in [4.69, 9.17) is 23.8 Å². The second kappa shape index (κ2) is 6.58. The van der Waals surface area contributed by atoms with Crippen molar-refractivity contribution in [3.8, 4) is 0 Å². The largest absolute Gasteiger partial charge is 0.359 e. The summed E-state index contributed by atoms with van der Waals surface area (Å²) in [5.41, 5.74) is 0.971. The molecule has 0 heterocycles. The highest BCUT2D eigenvalue weighted by Gasteiger charge is 2.27. The lowest BCUT2D eigenvalue weighted by molar-refractivity contribution is 0.225.